The highest BCUT2D eigenvalue weighted by atomic mass is 19.4. The summed E-state index contributed by atoms with van der Waals surface area (Å²) in [6, 6.07) is 4.45. The summed E-state index contributed by atoms with van der Waals surface area (Å²) in [6.07, 6.45) is -2.23. The second-order valence-electron chi connectivity index (χ2n) is 5.88. The molecule has 0 fully saturated rings. The third-order valence-corrected chi connectivity index (χ3v) is 4.18. The molecule has 0 radical (unpaired) electrons. The topological polar surface area (TPSA) is 61.0 Å². The Morgan fingerprint density at radius 3 is 2.75 bits per heavy atom. The Balaban J connectivity index is 1.60. The number of nitrogens with zero attached hydrogens (tertiary/aromatic N) is 2. The van der Waals surface area contributed by atoms with Crippen LogP contribution in [0.2, 0.25) is 0 Å². The van der Waals surface area contributed by atoms with E-state index in [-0.39, 0.29) is 18.5 Å². The summed E-state index contributed by atoms with van der Waals surface area (Å²) >= 11 is 0. The largest absolute Gasteiger partial charge is 0.416 e. The van der Waals surface area contributed by atoms with Crippen LogP contribution in [0, 0.1) is 0 Å². The molecular weight excluding hydrogens is 321 g/mol. The maximum atomic E-state index is 12.5. The zero-order valence-electron chi connectivity index (χ0n) is 13.0. The number of aromatic nitrogens is 2. The van der Waals surface area contributed by atoms with Gasteiger partial charge in [-0.25, -0.2) is 4.98 Å². The molecule has 1 aromatic carbocycles. The molecule has 1 aromatic heterocycles. The van der Waals surface area contributed by atoms with Crippen molar-refractivity contribution >= 4 is 5.91 Å². The molecular formula is C16H17F3N4O. The van der Waals surface area contributed by atoms with Crippen LogP contribution in [0.5, 0.6) is 0 Å². The number of likely N-dealkylation sites (N-methyl/N-ethyl adjacent to an activating group) is 1. The molecule has 0 saturated carbocycles. The fraction of sp³-hybridized carbons (Fsp3) is 0.375. The minimum atomic E-state index is -4.35. The van der Waals surface area contributed by atoms with Crippen molar-refractivity contribution in [3.8, 4) is 0 Å². The van der Waals surface area contributed by atoms with E-state index < -0.39 is 11.7 Å². The van der Waals surface area contributed by atoms with Gasteiger partial charge in [0.2, 0.25) is 5.91 Å². The fourth-order valence-corrected chi connectivity index (χ4v) is 2.77. The summed E-state index contributed by atoms with van der Waals surface area (Å²) in [6.45, 7) is 0.794. The van der Waals surface area contributed by atoms with E-state index in [1.165, 1.54) is 12.1 Å². The average molecular weight is 338 g/mol. The Labute approximate surface area is 136 Å². The minimum Gasteiger partial charge on any atom is -0.351 e. The monoisotopic (exact) mass is 338 g/mol. The summed E-state index contributed by atoms with van der Waals surface area (Å²) in [5.74, 6) is -0.161. The highest BCUT2D eigenvalue weighted by Crippen LogP contribution is 2.29. The first-order chi connectivity index (χ1) is 11.3. The van der Waals surface area contributed by atoms with E-state index in [0.29, 0.717) is 18.5 Å². The number of rotatable bonds is 3. The Bertz CT molecular complexity index is 724. The van der Waals surface area contributed by atoms with Crippen LogP contribution in [0.4, 0.5) is 13.2 Å². The number of benzene rings is 1. The third kappa shape index (κ3) is 3.43. The van der Waals surface area contributed by atoms with Crippen LogP contribution in [-0.2, 0) is 30.5 Å². The predicted octanol–water partition coefficient (Wildman–Crippen LogP) is 2.10. The molecule has 0 spiro atoms. The van der Waals surface area contributed by atoms with Gasteiger partial charge in [0.05, 0.1) is 29.3 Å². The zero-order chi connectivity index (χ0) is 17.3. The van der Waals surface area contributed by atoms with Crippen molar-refractivity contribution in [3.05, 3.63) is 53.1 Å². The number of amides is 1. The second kappa shape index (κ2) is 6.27. The Kier molecular flexibility index (Phi) is 4.31. The van der Waals surface area contributed by atoms with E-state index in [4.69, 9.17) is 0 Å². The molecule has 0 unspecified atom stereocenters. The molecule has 3 rings (SSSR count). The van der Waals surface area contributed by atoms with E-state index in [1.807, 2.05) is 11.9 Å². The lowest BCUT2D eigenvalue weighted by Gasteiger charge is -2.30. The van der Waals surface area contributed by atoms with Crippen LogP contribution < -0.4 is 5.32 Å². The highest BCUT2D eigenvalue weighted by Gasteiger charge is 2.31. The van der Waals surface area contributed by atoms with Crippen LogP contribution in [0.15, 0.2) is 30.6 Å². The quantitative estimate of drug-likeness (QED) is 0.901. The van der Waals surface area contributed by atoms with Gasteiger partial charge in [-0.05, 0) is 24.7 Å². The maximum Gasteiger partial charge on any atom is 0.416 e. The molecule has 0 bridgehead atoms. The molecule has 5 nitrogen and oxygen atoms in total. The predicted molar refractivity (Wildman–Crippen MR) is 80.8 cm³/mol. The third-order valence-electron chi connectivity index (χ3n) is 4.18. The Morgan fingerprint density at radius 1 is 1.38 bits per heavy atom. The van der Waals surface area contributed by atoms with Gasteiger partial charge in [-0.2, -0.15) is 13.2 Å². The molecule has 2 N–H and O–H groups in total. The van der Waals surface area contributed by atoms with E-state index in [1.54, 1.807) is 6.33 Å². The molecule has 1 aliphatic heterocycles. The van der Waals surface area contributed by atoms with Gasteiger partial charge in [-0.15, -0.1) is 0 Å². The van der Waals surface area contributed by atoms with Gasteiger partial charge < -0.3 is 10.3 Å². The van der Waals surface area contributed by atoms with Crippen LogP contribution >= 0.6 is 0 Å². The molecule has 0 aliphatic carbocycles. The number of carbonyl (C=O) groups is 1. The van der Waals surface area contributed by atoms with Crippen molar-refractivity contribution in [2.45, 2.75) is 31.7 Å². The SMILES string of the molecule is CN1Cc2[nH]cnc2C[C@H]1C(=O)NCc1ccc(C(F)(F)F)cc1. The summed E-state index contributed by atoms with van der Waals surface area (Å²) in [4.78, 5) is 21.5. The maximum absolute atomic E-state index is 12.5. The molecule has 1 aliphatic rings. The summed E-state index contributed by atoms with van der Waals surface area (Å²) < 4.78 is 37.6. The van der Waals surface area contributed by atoms with Crippen LogP contribution in [0.3, 0.4) is 0 Å². The summed E-state index contributed by atoms with van der Waals surface area (Å²) in [5.41, 5.74) is 1.80. The molecule has 8 heteroatoms. The van der Waals surface area contributed by atoms with Crippen LogP contribution in [-0.4, -0.2) is 33.9 Å². The number of nitrogens with one attached hydrogen (secondary N) is 2. The van der Waals surface area contributed by atoms with E-state index in [0.717, 1.165) is 23.5 Å². The number of aromatic amines is 1. The molecule has 128 valence electrons. The normalized spacial score (nSPS) is 18.2. The lowest BCUT2D eigenvalue weighted by Crippen LogP contribution is -2.48. The highest BCUT2D eigenvalue weighted by molar-refractivity contribution is 5.82. The van der Waals surface area contributed by atoms with Gasteiger partial charge in [0.15, 0.2) is 0 Å². The van der Waals surface area contributed by atoms with Gasteiger partial charge in [0, 0.05) is 19.5 Å². The van der Waals surface area contributed by atoms with E-state index >= 15 is 0 Å². The Hall–Kier alpha value is -2.35. The standard InChI is InChI=1S/C16H17F3N4O/c1-23-8-13-12(21-9-22-13)6-14(23)15(24)20-7-10-2-4-11(5-3-10)16(17,18)19/h2-5,9,14H,6-8H2,1H3,(H,20,24)(H,21,22)/t14-/m0/s1. The number of imidazole rings is 1. The second-order valence-corrected chi connectivity index (χ2v) is 5.88. The van der Waals surface area contributed by atoms with Crippen molar-refractivity contribution in [1.82, 2.24) is 20.2 Å². The molecule has 2 aromatic rings. The van der Waals surface area contributed by atoms with Crippen molar-refractivity contribution < 1.29 is 18.0 Å². The first-order valence-corrected chi connectivity index (χ1v) is 7.50. The van der Waals surface area contributed by atoms with Gasteiger partial charge in [-0.3, -0.25) is 9.69 Å². The lowest BCUT2D eigenvalue weighted by atomic mass is 10.0. The average Bonchev–Trinajstić information content (AvgIpc) is 2.98. The number of alkyl halides is 3. The first kappa shape index (κ1) is 16.5. The van der Waals surface area contributed by atoms with E-state index in [9.17, 15) is 18.0 Å². The summed E-state index contributed by atoms with van der Waals surface area (Å²) in [5, 5.41) is 2.78. The smallest absolute Gasteiger partial charge is 0.351 e. The molecule has 24 heavy (non-hydrogen) atoms. The number of fused-ring (bicyclic) bond motifs is 1. The van der Waals surface area contributed by atoms with Gasteiger partial charge in [-0.1, -0.05) is 12.1 Å². The van der Waals surface area contributed by atoms with Crippen molar-refractivity contribution in [2.75, 3.05) is 7.05 Å². The van der Waals surface area contributed by atoms with E-state index in [2.05, 4.69) is 15.3 Å². The van der Waals surface area contributed by atoms with Crippen molar-refractivity contribution in [1.29, 1.82) is 0 Å². The minimum absolute atomic E-state index is 0.161. The van der Waals surface area contributed by atoms with Gasteiger partial charge in [0.1, 0.15) is 0 Å². The number of halogens is 3. The first-order valence-electron chi connectivity index (χ1n) is 7.50. The molecule has 0 saturated heterocycles. The molecule has 1 amide bonds. The number of H-pyrrole nitrogens is 1. The lowest BCUT2D eigenvalue weighted by molar-refractivity contribution is -0.137. The van der Waals surface area contributed by atoms with Gasteiger partial charge in [0.25, 0.3) is 0 Å². The zero-order valence-corrected chi connectivity index (χ0v) is 13.0. The fourth-order valence-electron chi connectivity index (χ4n) is 2.77. The van der Waals surface area contributed by atoms with Crippen molar-refractivity contribution in [2.24, 2.45) is 0 Å². The number of hydrogen-bond donors (Lipinski definition) is 2. The Morgan fingerprint density at radius 2 is 2.08 bits per heavy atom. The summed E-state index contributed by atoms with van der Waals surface area (Å²) in [7, 11) is 1.85. The van der Waals surface area contributed by atoms with Crippen LogP contribution in [0.1, 0.15) is 22.5 Å². The van der Waals surface area contributed by atoms with Crippen LogP contribution in [0.25, 0.3) is 0 Å². The number of hydrogen-bond acceptors (Lipinski definition) is 3. The molecule has 2 heterocycles. The van der Waals surface area contributed by atoms with Gasteiger partial charge >= 0.3 is 6.18 Å². The number of carbonyl (C=O) groups excluding carboxylic acids is 1. The molecule has 1 atom stereocenters. The van der Waals surface area contributed by atoms with Crippen molar-refractivity contribution in [3.63, 3.8) is 0 Å².